The molecule has 104 valence electrons. The van der Waals surface area contributed by atoms with E-state index in [1.165, 1.54) is 10.8 Å². The van der Waals surface area contributed by atoms with Gasteiger partial charge in [-0.1, -0.05) is 36.4 Å². The van der Waals surface area contributed by atoms with Crippen LogP contribution < -0.4 is 5.43 Å². The lowest BCUT2D eigenvalue weighted by Gasteiger charge is -2.02. The summed E-state index contributed by atoms with van der Waals surface area (Å²) in [4.78, 5) is 8.56. The number of fused-ring (bicyclic) bond motifs is 1. The fraction of sp³-hybridized carbons (Fsp3) is 0.118. The Bertz CT molecular complexity index is 788. The third-order valence-corrected chi connectivity index (χ3v) is 3.13. The van der Waals surface area contributed by atoms with Crippen molar-refractivity contribution in [3.63, 3.8) is 0 Å². The Morgan fingerprint density at radius 2 is 1.62 bits per heavy atom. The lowest BCUT2D eigenvalue weighted by Crippen LogP contribution is -1.99. The molecule has 2 aromatic carbocycles. The van der Waals surface area contributed by atoms with Crippen LogP contribution in [0.4, 0.5) is 5.95 Å². The average molecular weight is 276 g/mol. The zero-order chi connectivity index (χ0) is 14.7. The van der Waals surface area contributed by atoms with Crippen LogP contribution in [-0.4, -0.2) is 16.2 Å². The summed E-state index contributed by atoms with van der Waals surface area (Å²) < 4.78 is 0. The van der Waals surface area contributed by atoms with Crippen LogP contribution in [0.15, 0.2) is 53.6 Å². The van der Waals surface area contributed by atoms with Gasteiger partial charge in [-0.25, -0.2) is 15.4 Å². The Balaban J connectivity index is 1.78. The molecule has 3 aromatic rings. The van der Waals surface area contributed by atoms with E-state index in [0.717, 1.165) is 17.0 Å². The van der Waals surface area contributed by atoms with Gasteiger partial charge in [0, 0.05) is 11.4 Å². The molecule has 0 aliphatic carbocycles. The molecule has 1 aromatic heterocycles. The van der Waals surface area contributed by atoms with Gasteiger partial charge in [-0.15, -0.1) is 0 Å². The molecule has 0 amide bonds. The van der Waals surface area contributed by atoms with Crippen molar-refractivity contribution in [2.75, 3.05) is 5.43 Å². The van der Waals surface area contributed by atoms with Gasteiger partial charge in [-0.2, -0.15) is 5.10 Å². The van der Waals surface area contributed by atoms with Gasteiger partial charge in [-0.05, 0) is 42.3 Å². The van der Waals surface area contributed by atoms with Crippen molar-refractivity contribution in [2.24, 2.45) is 5.10 Å². The molecular weight excluding hydrogens is 260 g/mol. The molecule has 0 bridgehead atoms. The molecule has 0 unspecified atom stereocenters. The number of hydrogen-bond acceptors (Lipinski definition) is 4. The molecule has 3 rings (SSSR count). The second-order valence-corrected chi connectivity index (χ2v) is 4.95. The first-order valence-corrected chi connectivity index (χ1v) is 6.81. The second kappa shape index (κ2) is 5.71. The standard InChI is InChI=1S/C17H16N4/c1-12-9-13(2)20-17(19-12)21-18-11-14-7-8-15-5-3-4-6-16(15)10-14/h3-11H,1-2H3,(H,19,20,21)/b18-11+. The van der Waals surface area contributed by atoms with Crippen molar-refractivity contribution in [1.82, 2.24) is 9.97 Å². The smallest absolute Gasteiger partial charge is 0.243 e. The van der Waals surface area contributed by atoms with Crippen molar-refractivity contribution < 1.29 is 0 Å². The van der Waals surface area contributed by atoms with Gasteiger partial charge in [-0.3, -0.25) is 0 Å². The van der Waals surface area contributed by atoms with Gasteiger partial charge in [0.25, 0.3) is 0 Å². The largest absolute Gasteiger partial charge is 0.245 e. The SMILES string of the molecule is Cc1cc(C)nc(N/N=C/c2ccc3ccccc3c2)n1. The number of nitrogens with zero attached hydrogens (tertiary/aromatic N) is 3. The van der Waals surface area contributed by atoms with Crippen LogP contribution in [-0.2, 0) is 0 Å². The third-order valence-electron chi connectivity index (χ3n) is 3.13. The molecule has 4 heteroatoms. The Hall–Kier alpha value is -2.75. The Kier molecular flexibility index (Phi) is 3.60. The molecule has 0 saturated carbocycles. The Labute approximate surface area is 123 Å². The maximum Gasteiger partial charge on any atom is 0.243 e. The number of aryl methyl sites for hydroxylation is 2. The van der Waals surface area contributed by atoms with Crippen LogP contribution in [0.1, 0.15) is 17.0 Å². The maximum absolute atomic E-state index is 4.28. The summed E-state index contributed by atoms with van der Waals surface area (Å²) in [6.07, 6.45) is 1.77. The Morgan fingerprint density at radius 1 is 0.905 bits per heavy atom. The van der Waals surface area contributed by atoms with E-state index in [2.05, 4.69) is 44.8 Å². The molecule has 0 atom stereocenters. The number of nitrogens with one attached hydrogen (secondary N) is 1. The van der Waals surface area contributed by atoms with Crippen molar-refractivity contribution in [3.05, 3.63) is 65.5 Å². The molecule has 0 aliphatic heterocycles. The molecule has 1 N–H and O–H groups in total. The van der Waals surface area contributed by atoms with Gasteiger partial charge in [0.1, 0.15) is 0 Å². The summed E-state index contributed by atoms with van der Waals surface area (Å²) in [7, 11) is 0. The first-order chi connectivity index (χ1) is 10.2. The van der Waals surface area contributed by atoms with Crippen molar-refractivity contribution in [2.45, 2.75) is 13.8 Å². The normalized spacial score (nSPS) is 11.1. The average Bonchev–Trinajstić information content (AvgIpc) is 2.46. The predicted octanol–water partition coefficient (Wildman–Crippen LogP) is 3.69. The molecule has 0 fully saturated rings. The van der Waals surface area contributed by atoms with E-state index < -0.39 is 0 Å². The molecule has 4 nitrogen and oxygen atoms in total. The lowest BCUT2D eigenvalue weighted by atomic mass is 10.1. The minimum Gasteiger partial charge on any atom is -0.245 e. The van der Waals surface area contributed by atoms with Crippen LogP contribution >= 0.6 is 0 Å². The fourth-order valence-corrected chi connectivity index (χ4v) is 2.23. The maximum atomic E-state index is 4.28. The summed E-state index contributed by atoms with van der Waals surface area (Å²) in [6, 6.07) is 16.4. The Morgan fingerprint density at radius 3 is 2.38 bits per heavy atom. The first kappa shape index (κ1) is 13.2. The molecule has 0 radical (unpaired) electrons. The number of benzene rings is 2. The topological polar surface area (TPSA) is 50.2 Å². The zero-order valence-electron chi connectivity index (χ0n) is 12.0. The summed E-state index contributed by atoms with van der Waals surface area (Å²) in [5.41, 5.74) is 5.75. The van der Waals surface area contributed by atoms with Crippen molar-refractivity contribution in [1.29, 1.82) is 0 Å². The number of rotatable bonds is 3. The van der Waals surface area contributed by atoms with Crippen LogP contribution in [0.3, 0.4) is 0 Å². The molecule has 0 spiro atoms. The van der Waals surface area contributed by atoms with Gasteiger partial charge in [0.2, 0.25) is 5.95 Å². The van der Waals surface area contributed by atoms with E-state index in [1.54, 1.807) is 6.21 Å². The monoisotopic (exact) mass is 276 g/mol. The minimum atomic E-state index is 0.518. The van der Waals surface area contributed by atoms with Crippen LogP contribution in [0, 0.1) is 13.8 Å². The van der Waals surface area contributed by atoms with E-state index in [0.29, 0.717) is 5.95 Å². The summed E-state index contributed by atoms with van der Waals surface area (Å²) in [6.45, 7) is 3.87. The van der Waals surface area contributed by atoms with Gasteiger partial charge in [0.15, 0.2) is 0 Å². The number of hydrogen-bond donors (Lipinski definition) is 1. The van der Waals surface area contributed by atoms with Crippen molar-refractivity contribution in [3.8, 4) is 0 Å². The summed E-state index contributed by atoms with van der Waals surface area (Å²) >= 11 is 0. The molecule has 21 heavy (non-hydrogen) atoms. The highest BCUT2D eigenvalue weighted by molar-refractivity contribution is 5.90. The zero-order valence-corrected chi connectivity index (χ0v) is 12.0. The second-order valence-electron chi connectivity index (χ2n) is 4.95. The van der Waals surface area contributed by atoms with Gasteiger partial charge >= 0.3 is 0 Å². The minimum absolute atomic E-state index is 0.518. The van der Waals surface area contributed by atoms with Crippen LogP contribution in [0.25, 0.3) is 10.8 Å². The van der Waals surface area contributed by atoms with E-state index >= 15 is 0 Å². The van der Waals surface area contributed by atoms with Gasteiger partial charge < -0.3 is 0 Å². The number of hydrazone groups is 1. The fourth-order valence-electron chi connectivity index (χ4n) is 2.23. The summed E-state index contributed by atoms with van der Waals surface area (Å²) in [5.74, 6) is 0.518. The van der Waals surface area contributed by atoms with E-state index in [1.807, 2.05) is 38.1 Å². The quantitative estimate of drug-likeness (QED) is 0.586. The molecule has 1 heterocycles. The number of aromatic nitrogens is 2. The third kappa shape index (κ3) is 3.23. The first-order valence-electron chi connectivity index (χ1n) is 6.81. The highest BCUT2D eigenvalue weighted by Crippen LogP contribution is 2.14. The predicted molar refractivity (Wildman–Crippen MR) is 86.7 cm³/mol. The lowest BCUT2D eigenvalue weighted by molar-refractivity contribution is 1.04. The van der Waals surface area contributed by atoms with Crippen LogP contribution in [0.2, 0.25) is 0 Å². The van der Waals surface area contributed by atoms with Crippen molar-refractivity contribution >= 4 is 22.9 Å². The highest BCUT2D eigenvalue weighted by Gasteiger charge is 1.97. The highest BCUT2D eigenvalue weighted by atomic mass is 15.3. The molecular formula is C17H16N4. The van der Waals surface area contributed by atoms with E-state index in [-0.39, 0.29) is 0 Å². The number of anilines is 1. The van der Waals surface area contributed by atoms with Crippen LogP contribution in [0.5, 0.6) is 0 Å². The summed E-state index contributed by atoms with van der Waals surface area (Å²) in [5, 5.41) is 6.62. The van der Waals surface area contributed by atoms with E-state index in [9.17, 15) is 0 Å². The molecule has 0 saturated heterocycles. The molecule has 0 aliphatic rings. The van der Waals surface area contributed by atoms with E-state index in [4.69, 9.17) is 0 Å². The van der Waals surface area contributed by atoms with Gasteiger partial charge in [0.05, 0.1) is 6.21 Å².